The van der Waals surface area contributed by atoms with Crippen molar-refractivity contribution >= 4 is 16.7 Å². The Morgan fingerprint density at radius 2 is 1.76 bits per heavy atom. The molecule has 3 heterocycles. The quantitative estimate of drug-likeness (QED) is 0.522. The van der Waals surface area contributed by atoms with Gasteiger partial charge >= 0.3 is 0 Å². The summed E-state index contributed by atoms with van der Waals surface area (Å²) < 4.78 is 30.2. The molecule has 34 heavy (non-hydrogen) atoms. The van der Waals surface area contributed by atoms with Gasteiger partial charge in [0.15, 0.2) is 42.3 Å². The Bertz CT molecular complexity index is 1240. The molecule has 0 aliphatic carbocycles. The summed E-state index contributed by atoms with van der Waals surface area (Å²) >= 11 is 0. The second kappa shape index (κ2) is 9.38. The summed E-state index contributed by atoms with van der Waals surface area (Å²) in [4.78, 5) is 14.3. The van der Waals surface area contributed by atoms with Crippen molar-refractivity contribution < 1.29 is 33.0 Å². The summed E-state index contributed by atoms with van der Waals surface area (Å²) in [5, 5.41) is 1.96. The molecule has 5 rings (SSSR count). The van der Waals surface area contributed by atoms with E-state index in [4.69, 9.17) is 23.7 Å². The van der Waals surface area contributed by atoms with Gasteiger partial charge in [-0.25, -0.2) is 0 Å². The topological polar surface area (TPSA) is 70.3 Å². The van der Waals surface area contributed by atoms with Crippen LogP contribution in [0.2, 0.25) is 0 Å². The second-order valence-corrected chi connectivity index (χ2v) is 8.35. The zero-order valence-electron chi connectivity index (χ0n) is 19.8. The van der Waals surface area contributed by atoms with Gasteiger partial charge in [-0.2, -0.15) is 4.57 Å². The number of rotatable bonds is 6. The molecule has 0 unspecified atom stereocenters. The van der Waals surface area contributed by atoms with Crippen LogP contribution >= 0.6 is 0 Å². The maximum absolute atomic E-state index is 12.5. The molecule has 1 aromatic heterocycles. The van der Waals surface area contributed by atoms with E-state index in [0.717, 1.165) is 40.7 Å². The van der Waals surface area contributed by atoms with Crippen molar-refractivity contribution in [2.75, 3.05) is 54.2 Å². The summed E-state index contributed by atoms with van der Waals surface area (Å²) in [6, 6.07) is 10.1. The van der Waals surface area contributed by atoms with Crippen LogP contribution in [0, 0.1) is 0 Å². The third kappa shape index (κ3) is 3.98. The van der Waals surface area contributed by atoms with Gasteiger partial charge in [0.1, 0.15) is 0 Å². The zero-order chi connectivity index (χ0) is 23.7. The van der Waals surface area contributed by atoms with E-state index >= 15 is 0 Å². The van der Waals surface area contributed by atoms with Crippen LogP contribution in [0.3, 0.4) is 0 Å². The van der Waals surface area contributed by atoms with Crippen molar-refractivity contribution in [3.63, 3.8) is 0 Å². The third-order valence-electron chi connectivity index (χ3n) is 6.51. The molecule has 2 aliphatic heterocycles. The lowest BCUT2D eigenvalue weighted by Gasteiger charge is -2.26. The SMILES string of the molecule is COc1cc2c(cc1OC)-c1cc3ccc(OCC(=O)N4CCOCC4)c(OC)c3c[n+]1CC2. The van der Waals surface area contributed by atoms with Crippen molar-refractivity contribution in [2.45, 2.75) is 13.0 Å². The van der Waals surface area contributed by atoms with Crippen LogP contribution in [-0.4, -0.2) is 65.0 Å². The number of hydrogen-bond donors (Lipinski definition) is 0. The van der Waals surface area contributed by atoms with E-state index in [1.54, 1.807) is 26.2 Å². The van der Waals surface area contributed by atoms with E-state index in [9.17, 15) is 4.79 Å². The highest BCUT2D eigenvalue weighted by molar-refractivity contribution is 5.92. The summed E-state index contributed by atoms with van der Waals surface area (Å²) in [5.41, 5.74) is 3.46. The number of nitrogens with zero attached hydrogens (tertiary/aromatic N) is 2. The van der Waals surface area contributed by atoms with Gasteiger partial charge in [0, 0.05) is 25.6 Å². The Hall–Kier alpha value is -3.52. The molecular weight excluding hydrogens is 436 g/mol. The third-order valence-corrected chi connectivity index (χ3v) is 6.51. The highest BCUT2D eigenvalue weighted by Gasteiger charge is 2.27. The molecule has 0 radical (unpaired) electrons. The largest absolute Gasteiger partial charge is 0.493 e. The number of pyridine rings is 1. The number of hydrogen-bond acceptors (Lipinski definition) is 6. The number of carbonyl (C=O) groups is 1. The minimum Gasteiger partial charge on any atom is -0.493 e. The van der Waals surface area contributed by atoms with E-state index in [1.165, 1.54) is 5.56 Å². The van der Waals surface area contributed by atoms with Crippen LogP contribution in [0.25, 0.3) is 22.0 Å². The van der Waals surface area contributed by atoms with Gasteiger partial charge < -0.3 is 28.6 Å². The first-order valence-electron chi connectivity index (χ1n) is 11.4. The molecule has 8 nitrogen and oxygen atoms in total. The number of amides is 1. The molecule has 0 atom stereocenters. The molecule has 0 N–H and O–H groups in total. The number of carbonyl (C=O) groups excluding carboxylic acids is 1. The van der Waals surface area contributed by atoms with Crippen LogP contribution in [0.15, 0.2) is 36.5 Å². The van der Waals surface area contributed by atoms with Gasteiger partial charge in [0.05, 0.1) is 45.5 Å². The van der Waals surface area contributed by atoms with E-state index < -0.39 is 0 Å². The van der Waals surface area contributed by atoms with Crippen molar-refractivity contribution in [1.82, 2.24) is 4.90 Å². The highest BCUT2D eigenvalue weighted by Crippen LogP contribution is 2.40. The van der Waals surface area contributed by atoms with Gasteiger partial charge in [0.25, 0.3) is 5.91 Å². The molecule has 0 spiro atoms. The lowest BCUT2D eigenvalue weighted by Crippen LogP contribution is -2.43. The first kappa shape index (κ1) is 22.3. The molecule has 0 bridgehead atoms. The Morgan fingerprint density at radius 3 is 2.50 bits per heavy atom. The molecule has 0 saturated carbocycles. The predicted octanol–water partition coefficient (Wildman–Crippen LogP) is 2.61. The first-order chi connectivity index (χ1) is 16.6. The van der Waals surface area contributed by atoms with Crippen LogP contribution in [-0.2, 0) is 22.5 Å². The lowest BCUT2D eigenvalue weighted by atomic mass is 9.95. The molecule has 1 saturated heterocycles. The van der Waals surface area contributed by atoms with E-state index in [0.29, 0.717) is 43.6 Å². The number of ether oxygens (including phenoxy) is 5. The van der Waals surface area contributed by atoms with E-state index in [-0.39, 0.29) is 12.5 Å². The fourth-order valence-corrected chi connectivity index (χ4v) is 4.70. The number of aryl methyl sites for hydroxylation is 2. The van der Waals surface area contributed by atoms with Crippen LogP contribution < -0.4 is 23.5 Å². The summed E-state index contributed by atoms with van der Waals surface area (Å²) in [7, 11) is 4.93. The number of fused-ring (bicyclic) bond motifs is 4. The maximum Gasteiger partial charge on any atom is 0.260 e. The number of morpholine rings is 1. The monoisotopic (exact) mass is 465 g/mol. The Kier molecular flexibility index (Phi) is 6.15. The van der Waals surface area contributed by atoms with Gasteiger partial charge in [-0.05, 0) is 35.2 Å². The highest BCUT2D eigenvalue weighted by atomic mass is 16.5. The lowest BCUT2D eigenvalue weighted by molar-refractivity contribution is -0.686. The van der Waals surface area contributed by atoms with Gasteiger partial charge in [-0.1, -0.05) is 0 Å². The van der Waals surface area contributed by atoms with Crippen molar-refractivity contribution in [3.05, 3.63) is 42.1 Å². The number of aromatic nitrogens is 1. The standard InChI is InChI=1S/C26H29N2O6/c1-30-23-13-18-6-7-28-15-20-17(12-21(28)19(18)14-24(23)31-2)4-5-22(26(20)32-3)34-16-25(29)27-8-10-33-11-9-27/h4-5,12-15H,6-11,16H2,1-3H3/q+1. The van der Waals surface area contributed by atoms with Crippen molar-refractivity contribution in [3.8, 4) is 34.3 Å². The fourth-order valence-electron chi connectivity index (χ4n) is 4.70. The average Bonchev–Trinajstić information content (AvgIpc) is 2.89. The van der Waals surface area contributed by atoms with Gasteiger partial charge in [-0.15, -0.1) is 0 Å². The second-order valence-electron chi connectivity index (χ2n) is 8.35. The predicted molar refractivity (Wildman–Crippen MR) is 126 cm³/mol. The maximum atomic E-state index is 12.5. The minimum atomic E-state index is -0.0498. The summed E-state index contributed by atoms with van der Waals surface area (Å²) in [5.74, 6) is 2.58. The van der Waals surface area contributed by atoms with Crippen LogP contribution in [0.1, 0.15) is 5.56 Å². The summed E-state index contributed by atoms with van der Waals surface area (Å²) in [6.45, 7) is 3.12. The first-order valence-corrected chi connectivity index (χ1v) is 11.4. The smallest absolute Gasteiger partial charge is 0.260 e. The van der Waals surface area contributed by atoms with E-state index in [2.05, 4.69) is 22.9 Å². The van der Waals surface area contributed by atoms with Gasteiger partial charge in [-0.3, -0.25) is 4.79 Å². The Morgan fingerprint density at radius 1 is 1.00 bits per heavy atom. The van der Waals surface area contributed by atoms with E-state index in [1.807, 2.05) is 18.2 Å². The molecule has 1 fully saturated rings. The minimum absolute atomic E-state index is 0.0328. The fraction of sp³-hybridized carbons (Fsp3) is 0.385. The Labute approximate surface area is 198 Å². The number of benzene rings is 2. The molecular formula is C26H29N2O6+. The number of methoxy groups -OCH3 is 3. The van der Waals surface area contributed by atoms with Crippen LogP contribution in [0.5, 0.6) is 23.0 Å². The zero-order valence-corrected chi connectivity index (χ0v) is 19.8. The van der Waals surface area contributed by atoms with Gasteiger partial charge in [0.2, 0.25) is 5.69 Å². The van der Waals surface area contributed by atoms with Crippen LogP contribution in [0.4, 0.5) is 0 Å². The molecule has 2 aliphatic rings. The summed E-state index contributed by atoms with van der Waals surface area (Å²) in [6.07, 6.45) is 2.98. The Balaban J connectivity index is 1.48. The molecule has 3 aromatic rings. The molecule has 1 amide bonds. The van der Waals surface area contributed by atoms with Crippen molar-refractivity contribution in [1.29, 1.82) is 0 Å². The molecule has 178 valence electrons. The normalized spacial score (nSPS) is 14.9. The molecule has 8 heteroatoms. The van der Waals surface area contributed by atoms with Crippen molar-refractivity contribution in [2.24, 2.45) is 0 Å². The molecule has 2 aromatic carbocycles. The average molecular weight is 466 g/mol.